The van der Waals surface area contributed by atoms with Gasteiger partial charge >= 0.3 is 5.69 Å². The third-order valence-electron chi connectivity index (χ3n) is 2.91. The molecular weight excluding hydrogens is 248 g/mol. The smallest absolute Gasteiger partial charge is 0.329 e. The Morgan fingerprint density at radius 3 is 2.28 bits per heavy atom. The van der Waals surface area contributed by atoms with Gasteiger partial charge in [0.2, 0.25) is 0 Å². The van der Waals surface area contributed by atoms with E-state index in [1.54, 1.807) is 25.8 Å². The first-order chi connectivity index (χ1) is 8.54. The Bertz CT molecular complexity index is 684. The highest BCUT2D eigenvalue weighted by Crippen LogP contribution is 2.20. The molecule has 1 aromatic carbocycles. The zero-order chi connectivity index (χ0) is 13.3. The fraction of sp³-hybridized carbons (Fsp3) is 0.231. The lowest BCUT2D eigenvalue weighted by atomic mass is 10.1. The molecule has 2 aromatic rings. The van der Waals surface area contributed by atoms with E-state index in [1.165, 1.54) is 4.57 Å². The lowest BCUT2D eigenvalue weighted by Gasteiger charge is -2.10. The largest absolute Gasteiger partial charge is 0.497 e. The summed E-state index contributed by atoms with van der Waals surface area (Å²) in [4.78, 5) is 11.9. The predicted molar refractivity (Wildman–Crippen MR) is 73.5 cm³/mol. The van der Waals surface area contributed by atoms with Crippen molar-refractivity contribution in [2.45, 2.75) is 0 Å². The summed E-state index contributed by atoms with van der Waals surface area (Å²) in [6.07, 6.45) is 0. The van der Waals surface area contributed by atoms with Gasteiger partial charge in [0.1, 0.15) is 10.4 Å². The van der Waals surface area contributed by atoms with Crippen LogP contribution in [0, 0.1) is 4.64 Å². The molecule has 0 aliphatic carbocycles. The van der Waals surface area contributed by atoms with Crippen LogP contribution in [0.15, 0.2) is 35.1 Å². The maximum Gasteiger partial charge on any atom is 0.329 e. The van der Waals surface area contributed by atoms with Crippen molar-refractivity contribution in [3.63, 3.8) is 0 Å². The van der Waals surface area contributed by atoms with E-state index in [9.17, 15) is 4.79 Å². The highest BCUT2D eigenvalue weighted by molar-refractivity contribution is 7.71. The minimum absolute atomic E-state index is 0.131. The van der Waals surface area contributed by atoms with E-state index in [-0.39, 0.29) is 5.69 Å². The molecule has 1 aromatic heterocycles. The molecule has 0 unspecified atom stereocenters. The average molecular weight is 262 g/mol. The predicted octanol–water partition coefficient (Wildman–Crippen LogP) is 2.13. The van der Waals surface area contributed by atoms with Gasteiger partial charge in [0.25, 0.3) is 0 Å². The van der Waals surface area contributed by atoms with E-state index < -0.39 is 0 Å². The van der Waals surface area contributed by atoms with Crippen molar-refractivity contribution in [3.8, 4) is 17.0 Å². The Kier molecular flexibility index (Phi) is 3.34. The number of ether oxygens (including phenoxy) is 1. The Hall–Kier alpha value is -1.88. The molecule has 0 saturated heterocycles. The third-order valence-corrected chi connectivity index (χ3v) is 3.30. The summed E-state index contributed by atoms with van der Waals surface area (Å²) < 4.78 is 8.65. The molecule has 0 amide bonds. The van der Waals surface area contributed by atoms with Gasteiger partial charge in [-0.05, 0) is 35.9 Å². The van der Waals surface area contributed by atoms with Crippen molar-refractivity contribution >= 4 is 12.2 Å². The van der Waals surface area contributed by atoms with Gasteiger partial charge in [-0.1, -0.05) is 12.2 Å². The van der Waals surface area contributed by atoms with E-state index in [4.69, 9.17) is 17.0 Å². The molecule has 0 aliphatic heterocycles. The third kappa shape index (κ3) is 2.09. The Balaban J connectivity index is 2.64. The maximum atomic E-state index is 11.9. The topological polar surface area (TPSA) is 36.2 Å². The van der Waals surface area contributed by atoms with Crippen LogP contribution < -0.4 is 10.4 Å². The van der Waals surface area contributed by atoms with Crippen LogP contribution in [0.4, 0.5) is 0 Å². The Labute approximate surface area is 110 Å². The van der Waals surface area contributed by atoms with Crippen molar-refractivity contribution in [1.29, 1.82) is 0 Å². The number of hydrogen-bond acceptors (Lipinski definition) is 3. The van der Waals surface area contributed by atoms with Crippen LogP contribution in [0.2, 0.25) is 0 Å². The molecule has 0 aliphatic rings. The lowest BCUT2D eigenvalue weighted by Crippen LogP contribution is -2.28. The second kappa shape index (κ2) is 4.78. The monoisotopic (exact) mass is 262 g/mol. The van der Waals surface area contributed by atoms with E-state index in [2.05, 4.69) is 0 Å². The van der Waals surface area contributed by atoms with Crippen molar-refractivity contribution in [1.82, 2.24) is 9.13 Å². The van der Waals surface area contributed by atoms with Gasteiger partial charge in [-0.3, -0.25) is 9.13 Å². The molecule has 5 heteroatoms. The van der Waals surface area contributed by atoms with Crippen LogP contribution >= 0.6 is 12.2 Å². The van der Waals surface area contributed by atoms with Crippen LogP contribution in [0.5, 0.6) is 5.75 Å². The highest BCUT2D eigenvalue weighted by Gasteiger charge is 2.06. The molecule has 0 N–H and O–H groups in total. The van der Waals surface area contributed by atoms with Gasteiger partial charge < -0.3 is 4.74 Å². The van der Waals surface area contributed by atoms with Gasteiger partial charge in [0, 0.05) is 14.1 Å². The van der Waals surface area contributed by atoms with E-state index in [1.807, 2.05) is 30.3 Å². The van der Waals surface area contributed by atoms with Gasteiger partial charge in [-0.15, -0.1) is 0 Å². The number of benzene rings is 1. The molecular formula is C13H14N2O2S. The second-order valence-corrected chi connectivity index (χ2v) is 4.42. The second-order valence-electron chi connectivity index (χ2n) is 4.00. The minimum atomic E-state index is -0.131. The summed E-state index contributed by atoms with van der Waals surface area (Å²) in [7, 11) is 5.02. The van der Waals surface area contributed by atoms with Crippen molar-refractivity contribution in [3.05, 3.63) is 45.5 Å². The molecule has 94 valence electrons. The number of methoxy groups -OCH3 is 1. The fourth-order valence-corrected chi connectivity index (χ4v) is 1.96. The fourth-order valence-electron chi connectivity index (χ4n) is 1.77. The SMILES string of the molecule is COc1ccc(-c2cc(=S)n(C)c(=O)n2C)cc1. The van der Waals surface area contributed by atoms with Crippen LogP contribution in [0.1, 0.15) is 0 Å². The molecule has 0 bridgehead atoms. The van der Waals surface area contributed by atoms with Gasteiger partial charge in [0.05, 0.1) is 12.8 Å². The molecule has 0 fully saturated rings. The number of hydrogen-bond donors (Lipinski definition) is 0. The van der Waals surface area contributed by atoms with Crippen LogP contribution in [-0.2, 0) is 14.1 Å². The minimum Gasteiger partial charge on any atom is -0.497 e. The normalized spacial score (nSPS) is 10.4. The molecule has 1 heterocycles. The average Bonchev–Trinajstić information content (AvgIpc) is 2.41. The molecule has 0 radical (unpaired) electrons. The number of rotatable bonds is 2. The summed E-state index contributed by atoms with van der Waals surface area (Å²) in [5.74, 6) is 0.781. The summed E-state index contributed by atoms with van der Waals surface area (Å²) in [5, 5.41) is 0. The Morgan fingerprint density at radius 2 is 1.72 bits per heavy atom. The quantitative estimate of drug-likeness (QED) is 0.778. The molecule has 0 saturated carbocycles. The number of aromatic nitrogens is 2. The number of nitrogens with zero attached hydrogens (tertiary/aromatic N) is 2. The van der Waals surface area contributed by atoms with E-state index in [0.717, 1.165) is 17.0 Å². The molecule has 0 atom stereocenters. The van der Waals surface area contributed by atoms with E-state index in [0.29, 0.717) is 4.64 Å². The van der Waals surface area contributed by atoms with Crippen LogP contribution in [0.3, 0.4) is 0 Å². The van der Waals surface area contributed by atoms with Crippen molar-refractivity contribution in [2.75, 3.05) is 7.11 Å². The zero-order valence-electron chi connectivity index (χ0n) is 10.5. The van der Waals surface area contributed by atoms with Gasteiger partial charge in [-0.2, -0.15) is 0 Å². The summed E-state index contributed by atoms with van der Waals surface area (Å²) >= 11 is 5.16. The molecule has 4 nitrogen and oxygen atoms in total. The van der Waals surface area contributed by atoms with Crippen LogP contribution in [0.25, 0.3) is 11.3 Å². The first-order valence-electron chi connectivity index (χ1n) is 5.46. The Morgan fingerprint density at radius 1 is 1.11 bits per heavy atom. The van der Waals surface area contributed by atoms with E-state index >= 15 is 0 Å². The first-order valence-corrected chi connectivity index (χ1v) is 5.87. The molecule has 18 heavy (non-hydrogen) atoms. The van der Waals surface area contributed by atoms with Crippen molar-refractivity contribution < 1.29 is 4.74 Å². The molecule has 2 rings (SSSR count). The van der Waals surface area contributed by atoms with Crippen molar-refractivity contribution in [2.24, 2.45) is 14.1 Å². The van der Waals surface area contributed by atoms with Gasteiger partial charge in [0.15, 0.2) is 0 Å². The van der Waals surface area contributed by atoms with Gasteiger partial charge in [-0.25, -0.2) is 4.79 Å². The standard InChI is InChI=1S/C13H14N2O2S/c1-14-11(8-12(18)15(2)13(14)16)9-4-6-10(17-3)7-5-9/h4-8H,1-3H3. The zero-order valence-corrected chi connectivity index (χ0v) is 11.3. The summed E-state index contributed by atoms with van der Waals surface area (Å²) in [6, 6.07) is 9.34. The van der Waals surface area contributed by atoms with Crippen LogP contribution in [-0.4, -0.2) is 16.2 Å². The summed E-state index contributed by atoms with van der Waals surface area (Å²) in [6.45, 7) is 0. The lowest BCUT2D eigenvalue weighted by molar-refractivity contribution is 0.415. The molecule has 0 spiro atoms. The summed E-state index contributed by atoms with van der Waals surface area (Å²) in [5.41, 5.74) is 1.60. The maximum absolute atomic E-state index is 11.9. The highest BCUT2D eigenvalue weighted by atomic mass is 32.1. The first kappa shape index (κ1) is 12.6.